The zero-order valence-electron chi connectivity index (χ0n) is 10.7. The highest BCUT2D eigenvalue weighted by Crippen LogP contribution is 2.29. The Hall–Kier alpha value is -2.89. The predicted molar refractivity (Wildman–Crippen MR) is 65.9 cm³/mol. The summed E-state index contributed by atoms with van der Waals surface area (Å²) in [6, 6.07) is 3.11. The van der Waals surface area contributed by atoms with Crippen molar-refractivity contribution in [3.63, 3.8) is 0 Å². The highest BCUT2D eigenvalue weighted by molar-refractivity contribution is 5.95. The fraction of sp³-hybridized carbons (Fsp3) is 0.154. The van der Waals surface area contributed by atoms with Crippen LogP contribution >= 0.6 is 0 Å². The molecule has 0 unspecified atom stereocenters. The van der Waals surface area contributed by atoms with Gasteiger partial charge in [0.25, 0.3) is 5.91 Å². The van der Waals surface area contributed by atoms with E-state index in [2.05, 4.69) is 25.9 Å². The number of carbonyl (C=O) groups is 1. The van der Waals surface area contributed by atoms with Gasteiger partial charge < -0.3 is 9.84 Å². The Morgan fingerprint density at radius 3 is 2.68 bits per heavy atom. The van der Waals surface area contributed by atoms with Crippen LogP contribution in [0, 0.1) is 18.2 Å². The van der Waals surface area contributed by atoms with Crippen LogP contribution in [0.3, 0.4) is 0 Å². The Morgan fingerprint density at radius 1 is 1.41 bits per heavy atom. The number of terminal acetylenes is 1. The number of hydrogen-bond acceptors (Lipinski definition) is 4. The standard InChI is InChI=1S/C13H7F4N3O2/c1-2-5-18-11(21)8-4-3-7(6-9(8)14)10-19-12(22-20-10)13(15,16)17/h1,3-4,6H,5H2,(H,18,21). The number of halogens is 4. The Labute approximate surface area is 121 Å². The number of alkyl halides is 3. The van der Waals surface area contributed by atoms with Crippen LogP contribution in [0.25, 0.3) is 11.4 Å². The molecule has 1 amide bonds. The van der Waals surface area contributed by atoms with Gasteiger partial charge in [-0.2, -0.15) is 18.2 Å². The Kier molecular flexibility index (Phi) is 4.12. The molecule has 2 rings (SSSR count). The molecule has 0 bridgehead atoms. The second kappa shape index (κ2) is 5.85. The first-order valence-electron chi connectivity index (χ1n) is 5.75. The van der Waals surface area contributed by atoms with Crippen molar-refractivity contribution in [2.75, 3.05) is 6.54 Å². The molecule has 1 heterocycles. The predicted octanol–water partition coefficient (Wildman–Crippen LogP) is 2.26. The summed E-state index contributed by atoms with van der Waals surface area (Å²) < 4.78 is 54.9. The SMILES string of the molecule is C#CCNC(=O)c1ccc(-c2noc(C(F)(F)F)n2)cc1F. The molecule has 5 nitrogen and oxygen atoms in total. The maximum atomic E-state index is 13.8. The molecule has 2 aromatic rings. The lowest BCUT2D eigenvalue weighted by molar-refractivity contribution is -0.159. The van der Waals surface area contributed by atoms with Crippen molar-refractivity contribution in [3.05, 3.63) is 35.5 Å². The van der Waals surface area contributed by atoms with Crippen LogP contribution in [0.1, 0.15) is 16.2 Å². The van der Waals surface area contributed by atoms with E-state index in [0.717, 1.165) is 12.1 Å². The molecule has 22 heavy (non-hydrogen) atoms. The minimum Gasteiger partial charge on any atom is -0.341 e. The van der Waals surface area contributed by atoms with Crippen molar-refractivity contribution in [1.82, 2.24) is 15.5 Å². The maximum Gasteiger partial charge on any atom is 0.471 e. The highest BCUT2D eigenvalue weighted by atomic mass is 19.4. The van der Waals surface area contributed by atoms with Gasteiger partial charge in [-0.25, -0.2) is 4.39 Å². The van der Waals surface area contributed by atoms with Gasteiger partial charge in [-0.15, -0.1) is 6.42 Å². The number of hydrogen-bond donors (Lipinski definition) is 1. The van der Waals surface area contributed by atoms with Crippen LogP contribution in [-0.2, 0) is 6.18 Å². The summed E-state index contributed by atoms with van der Waals surface area (Å²) in [6.45, 7) is -0.0835. The number of nitrogens with one attached hydrogen (secondary N) is 1. The van der Waals surface area contributed by atoms with Gasteiger partial charge in [-0.3, -0.25) is 4.79 Å². The van der Waals surface area contributed by atoms with Crippen LogP contribution in [0.15, 0.2) is 22.7 Å². The van der Waals surface area contributed by atoms with E-state index >= 15 is 0 Å². The number of amides is 1. The number of nitrogens with zero attached hydrogens (tertiary/aromatic N) is 2. The van der Waals surface area contributed by atoms with Gasteiger partial charge in [-0.05, 0) is 12.1 Å². The minimum atomic E-state index is -4.79. The van der Waals surface area contributed by atoms with Gasteiger partial charge in [0.05, 0.1) is 12.1 Å². The molecule has 0 atom stereocenters. The van der Waals surface area contributed by atoms with Crippen molar-refractivity contribution in [2.45, 2.75) is 6.18 Å². The first kappa shape index (κ1) is 15.5. The van der Waals surface area contributed by atoms with Crippen LogP contribution in [0.2, 0.25) is 0 Å². The smallest absolute Gasteiger partial charge is 0.341 e. The number of benzene rings is 1. The highest BCUT2D eigenvalue weighted by Gasteiger charge is 2.38. The fourth-order valence-corrected chi connectivity index (χ4v) is 1.52. The lowest BCUT2D eigenvalue weighted by Gasteiger charge is -2.04. The maximum absolute atomic E-state index is 13.8. The van der Waals surface area contributed by atoms with Gasteiger partial charge >= 0.3 is 12.1 Å². The van der Waals surface area contributed by atoms with Gasteiger partial charge in [0.2, 0.25) is 5.82 Å². The van der Waals surface area contributed by atoms with Crippen molar-refractivity contribution in [2.24, 2.45) is 0 Å². The summed E-state index contributed by atoms with van der Waals surface area (Å²) >= 11 is 0. The van der Waals surface area contributed by atoms with E-state index in [-0.39, 0.29) is 17.7 Å². The molecule has 1 N–H and O–H groups in total. The lowest BCUT2D eigenvalue weighted by atomic mass is 10.1. The van der Waals surface area contributed by atoms with Crippen molar-refractivity contribution in [1.29, 1.82) is 0 Å². The molecule has 0 fully saturated rings. The van der Waals surface area contributed by atoms with Crippen molar-refractivity contribution < 1.29 is 26.9 Å². The second-order valence-corrected chi connectivity index (χ2v) is 4.00. The summed E-state index contributed by atoms with van der Waals surface area (Å²) in [5.41, 5.74) is -0.371. The lowest BCUT2D eigenvalue weighted by Crippen LogP contribution is -2.24. The molecule has 0 aliphatic rings. The third-order valence-corrected chi connectivity index (χ3v) is 2.49. The normalized spacial score (nSPS) is 11.0. The molecule has 0 aliphatic heterocycles. The zero-order valence-corrected chi connectivity index (χ0v) is 10.7. The van der Waals surface area contributed by atoms with Crippen molar-refractivity contribution in [3.8, 4) is 23.7 Å². The third-order valence-electron chi connectivity index (χ3n) is 2.49. The molecule has 0 aliphatic carbocycles. The third kappa shape index (κ3) is 3.22. The van der Waals surface area contributed by atoms with Gasteiger partial charge in [0.15, 0.2) is 0 Å². The summed E-state index contributed by atoms with van der Waals surface area (Å²) in [5, 5.41) is 5.38. The van der Waals surface area contributed by atoms with E-state index < -0.39 is 29.6 Å². The van der Waals surface area contributed by atoms with Crippen LogP contribution < -0.4 is 5.32 Å². The molecule has 9 heteroatoms. The van der Waals surface area contributed by atoms with E-state index in [0.29, 0.717) is 0 Å². The summed E-state index contributed by atoms with van der Waals surface area (Å²) in [4.78, 5) is 14.7. The van der Waals surface area contributed by atoms with Crippen LogP contribution in [-0.4, -0.2) is 22.6 Å². The quantitative estimate of drug-likeness (QED) is 0.697. The fourth-order valence-electron chi connectivity index (χ4n) is 1.52. The number of carbonyl (C=O) groups excluding carboxylic acids is 1. The van der Waals surface area contributed by atoms with E-state index in [9.17, 15) is 22.4 Å². The number of rotatable bonds is 3. The molecule has 1 aromatic carbocycles. The second-order valence-electron chi connectivity index (χ2n) is 4.00. The molecule has 0 radical (unpaired) electrons. The molecule has 1 aromatic heterocycles. The van der Waals surface area contributed by atoms with E-state index in [1.54, 1.807) is 0 Å². The van der Waals surface area contributed by atoms with Gasteiger partial charge in [0, 0.05) is 5.56 Å². The van der Waals surface area contributed by atoms with Gasteiger partial charge in [-0.1, -0.05) is 17.1 Å². The summed E-state index contributed by atoms with van der Waals surface area (Å²) in [5.74, 6) is -1.53. The van der Waals surface area contributed by atoms with Crippen molar-refractivity contribution >= 4 is 5.91 Å². The Morgan fingerprint density at radius 2 is 2.14 bits per heavy atom. The average molecular weight is 313 g/mol. The number of aromatic nitrogens is 2. The largest absolute Gasteiger partial charge is 0.471 e. The van der Waals surface area contributed by atoms with Crippen LogP contribution in [0.5, 0.6) is 0 Å². The summed E-state index contributed by atoms with van der Waals surface area (Å²) in [7, 11) is 0. The first-order valence-corrected chi connectivity index (χ1v) is 5.75. The Balaban J connectivity index is 2.28. The average Bonchev–Trinajstić information content (AvgIpc) is 2.94. The van der Waals surface area contributed by atoms with E-state index in [4.69, 9.17) is 6.42 Å². The van der Waals surface area contributed by atoms with Crippen LogP contribution in [0.4, 0.5) is 17.6 Å². The Bertz CT molecular complexity index is 746. The minimum absolute atomic E-state index is 0.0646. The molecule has 114 valence electrons. The van der Waals surface area contributed by atoms with E-state index in [1.807, 2.05) is 0 Å². The van der Waals surface area contributed by atoms with E-state index in [1.165, 1.54) is 6.07 Å². The molecule has 0 spiro atoms. The molecular formula is C13H7F4N3O2. The molecule has 0 saturated carbocycles. The molecule has 0 saturated heterocycles. The first-order chi connectivity index (χ1) is 10.3. The zero-order chi connectivity index (χ0) is 16.3. The summed E-state index contributed by atoms with van der Waals surface area (Å²) in [6.07, 6.45) is 0.160. The molecular weight excluding hydrogens is 306 g/mol. The topological polar surface area (TPSA) is 68.0 Å². The monoisotopic (exact) mass is 313 g/mol. The van der Waals surface area contributed by atoms with Gasteiger partial charge in [0.1, 0.15) is 5.82 Å².